The van der Waals surface area contributed by atoms with Crippen molar-refractivity contribution in [1.82, 2.24) is 0 Å². The summed E-state index contributed by atoms with van der Waals surface area (Å²) in [5, 5.41) is 17.6. The van der Waals surface area contributed by atoms with E-state index >= 15 is 0 Å². The minimum Gasteiger partial charge on any atom is -0.462 e. The molecule has 0 aromatic rings. The molecule has 0 fully saturated rings. The van der Waals surface area contributed by atoms with E-state index in [1.54, 1.807) is 13.0 Å². The van der Waals surface area contributed by atoms with Crippen LogP contribution in [0.4, 0.5) is 0 Å². The fourth-order valence-corrected chi connectivity index (χ4v) is 0.773. The lowest BCUT2D eigenvalue weighted by molar-refractivity contribution is -0.138. The van der Waals surface area contributed by atoms with Crippen LogP contribution in [0.2, 0.25) is 0 Å². The quantitative estimate of drug-likeness (QED) is 0.463. The van der Waals surface area contributed by atoms with E-state index in [4.69, 9.17) is 14.9 Å². The first kappa shape index (κ1) is 12.1. The molecule has 0 saturated carbocycles. The molecule has 2 N–H and O–H groups in total. The van der Waals surface area contributed by atoms with Crippen LogP contribution in [0.1, 0.15) is 19.8 Å². The first-order chi connectivity index (χ1) is 6.20. The monoisotopic (exact) mass is 188 g/mol. The molecule has 0 radical (unpaired) electrons. The van der Waals surface area contributed by atoms with Gasteiger partial charge in [0.1, 0.15) is 0 Å². The summed E-state index contributed by atoms with van der Waals surface area (Å²) in [6.45, 7) is 1.86. The average Bonchev–Trinajstić information content (AvgIpc) is 2.05. The zero-order valence-electron chi connectivity index (χ0n) is 7.77. The molecule has 0 aromatic heterocycles. The van der Waals surface area contributed by atoms with Gasteiger partial charge < -0.3 is 14.9 Å². The van der Waals surface area contributed by atoms with Crippen LogP contribution < -0.4 is 0 Å². The highest BCUT2D eigenvalue weighted by atomic mass is 16.5. The molecule has 13 heavy (non-hydrogen) atoms. The van der Waals surface area contributed by atoms with E-state index in [-0.39, 0.29) is 13.2 Å². The molecule has 4 heteroatoms. The Bertz CT molecular complexity index is 165. The summed E-state index contributed by atoms with van der Waals surface area (Å²) in [7, 11) is 0. The van der Waals surface area contributed by atoms with Crippen molar-refractivity contribution in [3.8, 4) is 0 Å². The summed E-state index contributed by atoms with van der Waals surface area (Å²) in [5.41, 5.74) is 0. The molecule has 0 spiro atoms. The summed E-state index contributed by atoms with van der Waals surface area (Å²) < 4.78 is 4.73. The highest BCUT2D eigenvalue weighted by molar-refractivity contribution is 5.81. The number of esters is 1. The maximum Gasteiger partial charge on any atom is 0.330 e. The number of allylic oxidation sites excluding steroid dienone is 1. The van der Waals surface area contributed by atoms with Gasteiger partial charge in [0.25, 0.3) is 0 Å². The number of hydrogen-bond donors (Lipinski definition) is 2. The maximum absolute atomic E-state index is 10.7. The number of aliphatic hydroxyl groups excluding tert-OH is 2. The normalized spacial score (nSPS) is 13.2. The molecule has 0 saturated heterocycles. The predicted molar refractivity (Wildman–Crippen MR) is 48.1 cm³/mol. The summed E-state index contributed by atoms with van der Waals surface area (Å²) >= 11 is 0. The second-order valence-corrected chi connectivity index (χ2v) is 2.62. The highest BCUT2D eigenvalue weighted by Gasteiger charge is 2.04. The molecule has 0 aliphatic heterocycles. The number of aliphatic hydroxyl groups is 2. The van der Waals surface area contributed by atoms with Crippen molar-refractivity contribution in [2.75, 3.05) is 13.2 Å². The lowest BCUT2D eigenvalue weighted by atomic mass is 10.2. The van der Waals surface area contributed by atoms with Gasteiger partial charge in [-0.25, -0.2) is 4.79 Å². The van der Waals surface area contributed by atoms with Crippen molar-refractivity contribution >= 4 is 5.97 Å². The third-order valence-corrected chi connectivity index (χ3v) is 1.46. The van der Waals surface area contributed by atoms with E-state index in [1.807, 2.05) is 0 Å². The van der Waals surface area contributed by atoms with Gasteiger partial charge in [-0.15, -0.1) is 0 Å². The number of hydrogen-bond acceptors (Lipinski definition) is 4. The summed E-state index contributed by atoms with van der Waals surface area (Å²) in [5.74, 6) is -0.404. The summed E-state index contributed by atoms with van der Waals surface area (Å²) in [6, 6.07) is 0. The van der Waals surface area contributed by atoms with Crippen LogP contribution in [0.25, 0.3) is 0 Å². The molecule has 0 aliphatic carbocycles. The topological polar surface area (TPSA) is 66.8 Å². The van der Waals surface area contributed by atoms with E-state index in [1.165, 1.54) is 6.08 Å². The van der Waals surface area contributed by atoms with Crippen molar-refractivity contribution in [3.63, 3.8) is 0 Å². The van der Waals surface area contributed by atoms with E-state index in [0.717, 1.165) is 0 Å². The van der Waals surface area contributed by atoms with Crippen LogP contribution in [0.15, 0.2) is 12.2 Å². The number of carbonyl (C=O) groups is 1. The fourth-order valence-electron chi connectivity index (χ4n) is 0.773. The fraction of sp³-hybridized carbons (Fsp3) is 0.667. The summed E-state index contributed by atoms with van der Waals surface area (Å²) in [4.78, 5) is 10.7. The maximum atomic E-state index is 10.7. The molecule has 4 nitrogen and oxygen atoms in total. The van der Waals surface area contributed by atoms with Crippen molar-refractivity contribution in [2.24, 2.45) is 0 Å². The van der Waals surface area contributed by atoms with Crippen molar-refractivity contribution in [3.05, 3.63) is 12.2 Å². The largest absolute Gasteiger partial charge is 0.462 e. The van der Waals surface area contributed by atoms with Gasteiger partial charge in [-0.1, -0.05) is 6.08 Å². The lowest BCUT2D eigenvalue weighted by Crippen LogP contribution is -2.13. The molecule has 1 atom stereocenters. The van der Waals surface area contributed by atoms with E-state index in [2.05, 4.69) is 0 Å². The average molecular weight is 188 g/mol. The number of carbonyl (C=O) groups excluding carboxylic acids is 1. The van der Waals surface area contributed by atoms with Gasteiger partial charge in [0, 0.05) is 19.1 Å². The van der Waals surface area contributed by atoms with E-state index in [9.17, 15) is 4.79 Å². The second-order valence-electron chi connectivity index (χ2n) is 2.62. The minimum absolute atomic E-state index is 0.0516. The second kappa shape index (κ2) is 7.76. The van der Waals surface area contributed by atoms with Gasteiger partial charge in [0.15, 0.2) is 0 Å². The first-order valence-electron chi connectivity index (χ1n) is 4.29. The van der Waals surface area contributed by atoms with Crippen molar-refractivity contribution in [1.29, 1.82) is 0 Å². The molecule has 0 aromatic carbocycles. The van der Waals surface area contributed by atoms with E-state index in [0.29, 0.717) is 12.8 Å². The number of ether oxygens (including phenoxy) is 1. The third kappa shape index (κ3) is 7.49. The van der Waals surface area contributed by atoms with Crippen molar-refractivity contribution < 1.29 is 19.7 Å². The van der Waals surface area contributed by atoms with Crippen molar-refractivity contribution in [2.45, 2.75) is 25.9 Å². The third-order valence-electron chi connectivity index (χ3n) is 1.46. The van der Waals surface area contributed by atoms with Gasteiger partial charge in [0.05, 0.1) is 12.7 Å². The molecule has 0 heterocycles. The molecule has 0 aliphatic rings. The van der Waals surface area contributed by atoms with Crippen LogP contribution in [0, 0.1) is 0 Å². The zero-order chi connectivity index (χ0) is 10.1. The Kier molecular flexibility index (Phi) is 7.24. The highest BCUT2D eigenvalue weighted by Crippen LogP contribution is 1.97. The van der Waals surface area contributed by atoms with Gasteiger partial charge in [0.2, 0.25) is 0 Å². The SMILES string of the molecule is C/C=C/C(=O)OCCC(O)CCO. The van der Waals surface area contributed by atoms with E-state index < -0.39 is 12.1 Å². The Morgan fingerprint density at radius 1 is 1.54 bits per heavy atom. The van der Waals surface area contributed by atoms with Crippen LogP contribution in [-0.4, -0.2) is 35.5 Å². The molecule has 76 valence electrons. The lowest BCUT2D eigenvalue weighted by Gasteiger charge is -2.07. The zero-order valence-corrected chi connectivity index (χ0v) is 7.77. The molecule has 0 amide bonds. The Balaban J connectivity index is 3.39. The van der Waals surface area contributed by atoms with Gasteiger partial charge in [-0.2, -0.15) is 0 Å². The smallest absolute Gasteiger partial charge is 0.330 e. The molecule has 0 bridgehead atoms. The Morgan fingerprint density at radius 2 is 2.23 bits per heavy atom. The van der Waals surface area contributed by atoms with Crippen LogP contribution in [0.3, 0.4) is 0 Å². The Morgan fingerprint density at radius 3 is 2.77 bits per heavy atom. The van der Waals surface area contributed by atoms with Crippen LogP contribution >= 0.6 is 0 Å². The van der Waals surface area contributed by atoms with Gasteiger partial charge >= 0.3 is 5.97 Å². The first-order valence-corrected chi connectivity index (χ1v) is 4.29. The minimum atomic E-state index is -0.594. The molecule has 1 unspecified atom stereocenters. The van der Waals surface area contributed by atoms with Gasteiger partial charge in [-0.05, 0) is 13.3 Å². The number of rotatable bonds is 6. The molecular weight excluding hydrogens is 172 g/mol. The van der Waals surface area contributed by atoms with Crippen LogP contribution in [-0.2, 0) is 9.53 Å². The Labute approximate surface area is 77.8 Å². The molecule has 0 rings (SSSR count). The molecular formula is C9H16O4. The van der Waals surface area contributed by atoms with Gasteiger partial charge in [-0.3, -0.25) is 0 Å². The standard InChI is InChI=1S/C9H16O4/c1-2-3-9(12)13-7-5-8(11)4-6-10/h2-3,8,10-11H,4-7H2,1H3/b3-2+. The van der Waals surface area contributed by atoms with Crippen LogP contribution in [0.5, 0.6) is 0 Å². The Hall–Kier alpha value is -0.870. The summed E-state index contributed by atoms with van der Waals surface area (Å²) in [6.07, 6.45) is 3.00. The predicted octanol–water partition coefficient (Wildman–Crippen LogP) is 0.239.